The lowest BCUT2D eigenvalue weighted by atomic mass is 10.1. The van der Waals surface area contributed by atoms with Crippen LogP contribution in [0.3, 0.4) is 0 Å². The number of urea groups is 1. The minimum absolute atomic E-state index is 0.00287. The molecule has 0 bridgehead atoms. The summed E-state index contributed by atoms with van der Waals surface area (Å²) in [6.45, 7) is 8.18. The SMILES string of the molecule is O=C(Nc1cc(C(=O)N2CCCNCC2)ccc1N1CCN(C(=O)N2CCOCC2)CC1)C1CC1. The smallest absolute Gasteiger partial charge is 0.320 e. The highest BCUT2D eigenvalue weighted by molar-refractivity contribution is 6.01. The number of nitrogens with one attached hydrogen (secondary N) is 2. The number of anilines is 2. The molecular weight excluding hydrogens is 448 g/mol. The molecule has 0 atom stereocenters. The third kappa shape index (κ3) is 5.70. The van der Waals surface area contributed by atoms with Crippen LogP contribution in [0.5, 0.6) is 0 Å². The fourth-order valence-corrected chi connectivity index (χ4v) is 4.95. The van der Waals surface area contributed by atoms with Crippen molar-refractivity contribution in [2.24, 2.45) is 5.92 Å². The van der Waals surface area contributed by atoms with Crippen LogP contribution in [0.2, 0.25) is 0 Å². The van der Waals surface area contributed by atoms with Crippen molar-refractivity contribution in [3.05, 3.63) is 23.8 Å². The molecule has 10 nitrogen and oxygen atoms in total. The molecular formula is C25H36N6O4. The molecule has 0 spiro atoms. The molecule has 5 rings (SSSR count). The normalized spacial score (nSPS) is 21.5. The highest BCUT2D eigenvalue weighted by Crippen LogP contribution is 2.34. The molecule has 10 heteroatoms. The number of benzene rings is 1. The Labute approximate surface area is 206 Å². The summed E-state index contributed by atoms with van der Waals surface area (Å²) in [4.78, 5) is 46.6. The summed E-state index contributed by atoms with van der Waals surface area (Å²) in [5.41, 5.74) is 2.20. The molecule has 0 aromatic heterocycles. The Morgan fingerprint density at radius 3 is 2.34 bits per heavy atom. The summed E-state index contributed by atoms with van der Waals surface area (Å²) in [5, 5.41) is 6.43. The fraction of sp³-hybridized carbons (Fsp3) is 0.640. The average Bonchev–Trinajstić information content (AvgIpc) is 3.76. The zero-order valence-electron chi connectivity index (χ0n) is 20.3. The minimum Gasteiger partial charge on any atom is -0.378 e. The van der Waals surface area contributed by atoms with Crippen molar-refractivity contribution >= 4 is 29.2 Å². The van der Waals surface area contributed by atoms with Crippen LogP contribution in [-0.2, 0) is 9.53 Å². The first-order valence-electron chi connectivity index (χ1n) is 12.9. The summed E-state index contributed by atoms with van der Waals surface area (Å²) >= 11 is 0. The molecule has 35 heavy (non-hydrogen) atoms. The van der Waals surface area contributed by atoms with E-state index in [-0.39, 0.29) is 23.8 Å². The number of hydrogen-bond acceptors (Lipinski definition) is 6. The molecule has 0 radical (unpaired) electrons. The molecule has 4 fully saturated rings. The Balaban J connectivity index is 1.29. The highest BCUT2D eigenvalue weighted by atomic mass is 16.5. The van der Waals surface area contributed by atoms with E-state index in [0.29, 0.717) is 70.3 Å². The first-order valence-corrected chi connectivity index (χ1v) is 12.9. The first-order chi connectivity index (χ1) is 17.1. The Morgan fingerprint density at radius 2 is 1.60 bits per heavy atom. The van der Waals surface area contributed by atoms with Crippen molar-refractivity contribution < 1.29 is 19.1 Å². The lowest BCUT2D eigenvalue weighted by molar-refractivity contribution is -0.117. The van der Waals surface area contributed by atoms with Gasteiger partial charge in [0, 0.05) is 70.4 Å². The fourth-order valence-electron chi connectivity index (χ4n) is 4.95. The molecule has 1 aromatic carbocycles. The predicted octanol–water partition coefficient (Wildman–Crippen LogP) is 1.04. The van der Waals surface area contributed by atoms with Gasteiger partial charge in [-0.2, -0.15) is 0 Å². The number of carbonyl (C=O) groups is 3. The van der Waals surface area contributed by atoms with Crippen LogP contribution in [0.4, 0.5) is 16.2 Å². The third-order valence-electron chi connectivity index (χ3n) is 7.25. The van der Waals surface area contributed by atoms with Crippen molar-refractivity contribution in [3.8, 4) is 0 Å². The van der Waals surface area contributed by atoms with Crippen LogP contribution in [0.1, 0.15) is 29.6 Å². The molecule has 4 aliphatic rings. The maximum Gasteiger partial charge on any atom is 0.320 e. The Kier molecular flexibility index (Phi) is 7.38. The Bertz CT molecular complexity index is 930. The quantitative estimate of drug-likeness (QED) is 0.663. The summed E-state index contributed by atoms with van der Waals surface area (Å²) in [5.74, 6) is 0.0981. The van der Waals surface area contributed by atoms with Gasteiger partial charge in [-0.3, -0.25) is 9.59 Å². The second kappa shape index (κ2) is 10.8. The second-order valence-corrected chi connectivity index (χ2v) is 9.75. The first kappa shape index (κ1) is 23.9. The number of morpholine rings is 1. The molecule has 0 unspecified atom stereocenters. The van der Waals surface area contributed by atoms with Crippen LogP contribution in [0.15, 0.2) is 18.2 Å². The molecule has 190 valence electrons. The molecule has 3 heterocycles. The molecule has 3 saturated heterocycles. The van der Waals surface area contributed by atoms with E-state index < -0.39 is 0 Å². The zero-order valence-corrected chi connectivity index (χ0v) is 20.3. The van der Waals surface area contributed by atoms with E-state index in [2.05, 4.69) is 15.5 Å². The highest BCUT2D eigenvalue weighted by Gasteiger charge is 2.32. The summed E-state index contributed by atoms with van der Waals surface area (Å²) < 4.78 is 5.36. The summed E-state index contributed by atoms with van der Waals surface area (Å²) in [7, 11) is 0. The van der Waals surface area contributed by atoms with Gasteiger partial charge < -0.3 is 35.0 Å². The summed E-state index contributed by atoms with van der Waals surface area (Å²) in [6, 6.07) is 5.73. The molecule has 1 aromatic rings. The molecule has 3 aliphatic heterocycles. The number of carbonyl (C=O) groups excluding carboxylic acids is 3. The second-order valence-electron chi connectivity index (χ2n) is 9.75. The topological polar surface area (TPSA) is 97.5 Å². The van der Waals surface area contributed by atoms with Crippen LogP contribution in [0, 0.1) is 5.92 Å². The van der Waals surface area contributed by atoms with E-state index >= 15 is 0 Å². The van der Waals surface area contributed by atoms with Gasteiger partial charge in [0.15, 0.2) is 0 Å². The van der Waals surface area contributed by atoms with Gasteiger partial charge in [0.25, 0.3) is 5.91 Å². The van der Waals surface area contributed by atoms with Gasteiger partial charge in [0.2, 0.25) is 5.91 Å². The van der Waals surface area contributed by atoms with Gasteiger partial charge in [-0.25, -0.2) is 4.79 Å². The number of rotatable bonds is 4. The maximum absolute atomic E-state index is 13.2. The standard InChI is InChI=1S/C25H36N6O4/c32-23(19-2-3-19)27-21-18-20(24(33)29-8-1-6-26-7-9-29)4-5-22(21)28-10-12-30(13-11-28)25(34)31-14-16-35-17-15-31/h4-5,18-19,26H,1-3,6-17H2,(H,27,32). The van der Waals surface area contributed by atoms with E-state index in [1.807, 2.05) is 32.9 Å². The van der Waals surface area contributed by atoms with Crippen LogP contribution < -0.4 is 15.5 Å². The number of nitrogens with zero attached hydrogens (tertiary/aromatic N) is 4. The van der Waals surface area contributed by atoms with Crippen molar-refractivity contribution in [3.63, 3.8) is 0 Å². The van der Waals surface area contributed by atoms with E-state index in [9.17, 15) is 14.4 Å². The molecule has 1 aliphatic carbocycles. The Morgan fingerprint density at radius 1 is 0.857 bits per heavy atom. The van der Waals surface area contributed by atoms with Gasteiger partial charge in [-0.1, -0.05) is 0 Å². The van der Waals surface area contributed by atoms with E-state index in [0.717, 1.165) is 44.6 Å². The number of amides is 4. The number of hydrogen-bond donors (Lipinski definition) is 2. The lowest BCUT2D eigenvalue weighted by Gasteiger charge is -2.39. The number of ether oxygens (including phenoxy) is 1. The average molecular weight is 485 g/mol. The zero-order chi connectivity index (χ0) is 24.2. The van der Waals surface area contributed by atoms with Gasteiger partial charge in [0.05, 0.1) is 24.6 Å². The summed E-state index contributed by atoms with van der Waals surface area (Å²) in [6.07, 6.45) is 2.77. The Hall–Kier alpha value is -2.85. The molecule has 2 N–H and O–H groups in total. The lowest BCUT2D eigenvalue weighted by Crippen LogP contribution is -2.54. The number of piperazine rings is 1. The van der Waals surface area contributed by atoms with Crippen molar-refractivity contribution in [2.75, 3.05) is 88.9 Å². The van der Waals surface area contributed by atoms with Gasteiger partial charge in [-0.05, 0) is 44.0 Å². The van der Waals surface area contributed by atoms with Crippen LogP contribution >= 0.6 is 0 Å². The van der Waals surface area contributed by atoms with Crippen LogP contribution in [0.25, 0.3) is 0 Å². The van der Waals surface area contributed by atoms with Gasteiger partial charge in [0.1, 0.15) is 0 Å². The van der Waals surface area contributed by atoms with E-state index in [4.69, 9.17) is 4.74 Å². The predicted molar refractivity (Wildman–Crippen MR) is 133 cm³/mol. The van der Waals surface area contributed by atoms with Crippen molar-refractivity contribution in [1.82, 2.24) is 20.0 Å². The third-order valence-corrected chi connectivity index (χ3v) is 7.25. The van der Waals surface area contributed by atoms with Gasteiger partial charge in [-0.15, -0.1) is 0 Å². The van der Waals surface area contributed by atoms with Crippen molar-refractivity contribution in [2.45, 2.75) is 19.3 Å². The maximum atomic E-state index is 13.2. The van der Waals surface area contributed by atoms with Gasteiger partial charge >= 0.3 is 6.03 Å². The van der Waals surface area contributed by atoms with Crippen molar-refractivity contribution in [1.29, 1.82) is 0 Å². The molecule has 1 saturated carbocycles. The molecule has 4 amide bonds. The largest absolute Gasteiger partial charge is 0.378 e. The monoisotopic (exact) mass is 484 g/mol. The van der Waals surface area contributed by atoms with E-state index in [1.54, 1.807) is 0 Å². The minimum atomic E-state index is 0.00287. The van der Waals surface area contributed by atoms with E-state index in [1.165, 1.54) is 0 Å². The van der Waals surface area contributed by atoms with Crippen LogP contribution in [-0.4, -0.2) is 111 Å².